The summed E-state index contributed by atoms with van der Waals surface area (Å²) in [4.78, 5) is 16.6. The molecular weight excluding hydrogens is 392 g/mol. The molecule has 1 atom stereocenters. The molecule has 0 saturated carbocycles. The molecule has 0 spiro atoms. The van der Waals surface area contributed by atoms with Crippen LogP contribution in [0.3, 0.4) is 0 Å². The molecule has 0 saturated heterocycles. The fourth-order valence-electron chi connectivity index (χ4n) is 3.73. The third-order valence-corrected chi connectivity index (χ3v) is 5.06. The number of carbonyl (C=O) groups is 1. The van der Waals surface area contributed by atoms with Crippen molar-refractivity contribution in [2.75, 3.05) is 6.61 Å². The summed E-state index contributed by atoms with van der Waals surface area (Å²) >= 11 is 0. The van der Waals surface area contributed by atoms with Gasteiger partial charge in [0.2, 0.25) is 0 Å². The zero-order chi connectivity index (χ0) is 22.8. The van der Waals surface area contributed by atoms with Gasteiger partial charge in [0.15, 0.2) is 0 Å². The van der Waals surface area contributed by atoms with Crippen molar-refractivity contribution in [1.29, 1.82) is 0 Å². The van der Waals surface area contributed by atoms with Gasteiger partial charge in [-0.2, -0.15) is 0 Å². The van der Waals surface area contributed by atoms with Gasteiger partial charge in [-0.1, -0.05) is 13.8 Å². The van der Waals surface area contributed by atoms with Gasteiger partial charge in [0.05, 0.1) is 6.04 Å². The van der Waals surface area contributed by atoms with Gasteiger partial charge >= 0.3 is 6.09 Å². The lowest BCUT2D eigenvalue weighted by Crippen LogP contribution is -2.42. The number of amides is 1. The molecule has 1 amide bonds. The largest absolute Gasteiger partial charge is 0.491 e. The first-order valence-electron chi connectivity index (χ1n) is 10.9. The normalized spacial score (nSPS) is 13.7. The van der Waals surface area contributed by atoms with Gasteiger partial charge in [-0.3, -0.25) is 4.98 Å². The monoisotopic (exact) mass is 426 g/mol. The van der Waals surface area contributed by atoms with E-state index in [4.69, 9.17) is 14.2 Å². The van der Waals surface area contributed by atoms with E-state index in [1.165, 1.54) is 0 Å². The van der Waals surface area contributed by atoms with Crippen molar-refractivity contribution in [3.63, 3.8) is 0 Å². The number of aryl methyl sites for hydroxylation is 1. The van der Waals surface area contributed by atoms with Crippen LogP contribution in [0.4, 0.5) is 4.79 Å². The third-order valence-electron chi connectivity index (χ3n) is 5.06. The van der Waals surface area contributed by atoms with E-state index in [0.717, 1.165) is 45.9 Å². The number of rotatable bonds is 6. The second-order valence-electron chi connectivity index (χ2n) is 9.62. The lowest BCUT2D eigenvalue weighted by atomic mass is 9.95. The van der Waals surface area contributed by atoms with E-state index in [0.29, 0.717) is 19.1 Å². The van der Waals surface area contributed by atoms with Crippen molar-refractivity contribution in [1.82, 2.24) is 10.3 Å². The van der Waals surface area contributed by atoms with Gasteiger partial charge in [-0.15, -0.1) is 0 Å². The molecule has 31 heavy (non-hydrogen) atoms. The second-order valence-corrected chi connectivity index (χ2v) is 9.62. The Bertz CT molecular complexity index is 947. The maximum atomic E-state index is 12.3. The molecule has 6 nitrogen and oxygen atoms in total. The number of ether oxygens (including phenoxy) is 3. The van der Waals surface area contributed by atoms with Gasteiger partial charge < -0.3 is 19.5 Å². The van der Waals surface area contributed by atoms with Gasteiger partial charge in [-0.25, -0.2) is 4.79 Å². The van der Waals surface area contributed by atoms with Crippen LogP contribution < -0.4 is 14.8 Å². The van der Waals surface area contributed by atoms with Crippen molar-refractivity contribution in [3.05, 3.63) is 41.2 Å². The Morgan fingerprint density at radius 1 is 1.23 bits per heavy atom. The summed E-state index contributed by atoms with van der Waals surface area (Å²) < 4.78 is 17.6. The average molecular weight is 427 g/mol. The Hall–Kier alpha value is -2.76. The van der Waals surface area contributed by atoms with Crippen molar-refractivity contribution in [2.24, 2.45) is 5.92 Å². The van der Waals surface area contributed by atoms with Gasteiger partial charge in [0.1, 0.15) is 30.3 Å². The second kappa shape index (κ2) is 9.16. The minimum absolute atomic E-state index is 0.152. The summed E-state index contributed by atoms with van der Waals surface area (Å²) in [6.07, 6.45) is 2.25. The number of pyridine rings is 1. The first-order chi connectivity index (χ1) is 14.5. The Kier molecular flexibility index (Phi) is 6.77. The van der Waals surface area contributed by atoms with E-state index >= 15 is 0 Å². The minimum atomic E-state index is -0.538. The highest BCUT2D eigenvalue weighted by molar-refractivity contribution is 5.77. The van der Waals surface area contributed by atoms with Crippen molar-refractivity contribution in [2.45, 2.75) is 73.1 Å². The highest BCUT2D eigenvalue weighted by Crippen LogP contribution is 2.42. The Morgan fingerprint density at radius 2 is 1.97 bits per heavy atom. The van der Waals surface area contributed by atoms with Crippen LogP contribution in [0.2, 0.25) is 0 Å². The van der Waals surface area contributed by atoms with Gasteiger partial charge in [0.25, 0.3) is 0 Å². The van der Waals surface area contributed by atoms with Crippen LogP contribution in [0.15, 0.2) is 24.4 Å². The zero-order valence-electron chi connectivity index (χ0n) is 19.7. The summed E-state index contributed by atoms with van der Waals surface area (Å²) in [6, 6.07) is 5.96. The van der Waals surface area contributed by atoms with Crippen LogP contribution in [0.5, 0.6) is 11.5 Å². The Labute approximate surface area is 185 Å². The van der Waals surface area contributed by atoms with E-state index in [2.05, 4.69) is 30.2 Å². The average Bonchev–Trinajstić information content (AvgIpc) is 2.65. The maximum Gasteiger partial charge on any atom is 0.407 e. The first-order valence-corrected chi connectivity index (χ1v) is 10.9. The number of fused-ring (bicyclic) bond motifs is 3. The Morgan fingerprint density at radius 3 is 2.65 bits per heavy atom. The predicted molar refractivity (Wildman–Crippen MR) is 122 cm³/mol. The van der Waals surface area contributed by atoms with E-state index in [1.54, 1.807) is 0 Å². The van der Waals surface area contributed by atoms with Crippen molar-refractivity contribution < 1.29 is 19.0 Å². The highest BCUT2D eigenvalue weighted by Gasteiger charge is 2.24. The van der Waals surface area contributed by atoms with E-state index < -0.39 is 11.7 Å². The molecule has 2 aromatic rings. The van der Waals surface area contributed by atoms with Crippen molar-refractivity contribution >= 4 is 6.09 Å². The fraction of sp³-hybridized carbons (Fsp3) is 0.520. The molecule has 0 bridgehead atoms. The summed E-state index contributed by atoms with van der Waals surface area (Å²) in [5.74, 6) is 2.01. The van der Waals surface area contributed by atoms with Crippen LogP contribution in [0.1, 0.15) is 57.9 Å². The number of alkyl carbamates (subject to hydrolysis) is 1. The highest BCUT2D eigenvalue weighted by atomic mass is 16.6. The smallest absolute Gasteiger partial charge is 0.407 e. The maximum absolute atomic E-state index is 12.3. The van der Waals surface area contributed by atoms with E-state index in [-0.39, 0.29) is 6.04 Å². The zero-order valence-corrected chi connectivity index (χ0v) is 19.7. The molecule has 1 N–H and O–H groups in total. The standard InChI is InChI=1S/C25H34N2O4/c1-15(2)10-19(27-24(28)31-25(5,6)7)14-29-22-9-8-20-21-11-16(3)26-12-18(21)13-30-23(20)17(22)4/h8-9,11-12,15,19H,10,13-14H2,1-7H3,(H,27,28)/t19-/m0/s1. The van der Waals surface area contributed by atoms with E-state index in [1.807, 2.05) is 52.9 Å². The number of aromatic nitrogens is 1. The first kappa shape index (κ1) is 22.9. The molecule has 1 aliphatic heterocycles. The Balaban J connectivity index is 1.75. The topological polar surface area (TPSA) is 69.7 Å². The predicted octanol–water partition coefficient (Wildman–Crippen LogP) is 5.58. The number of carbonyl (C=O) groups excluding carboxylic acids is 1. The van der Waals surface area contributed by atoms with Crippen LogP contribution in [0, 0.1) is 19.8 Å². The van der Waals surface area contributed by atoms with Crippen LogP contribution in [0.25, 0.3) is 11.1 Å². The molecule has 1 aromatic carbocycles. The fourth-order valence-corrected chi connectivity index (χ4v) is 3.73. The molecule has 0 unspecified atom stereocenters. The lowest BCUT2D eigenvalue weighted by Gasteiger charge is -2.26. The molecular formula is C25H34N2O4. The summed E-state index contributed by atoms with van der Waals surface area (Å²) in [6.45, 7) is 14.7. The SMILES string of the molecule is Cc1cc2c(cn1)COc1c-2ccc(OC[C@H](CC(C)C)NC(=O)OC(C)(C)C)c1C. The molecule has 0 fully saturated rings. The molecule has 3 rings (SSSR count). The molecule has 0 radical (unpaired) electrons. The van der Waals surface area contributed by atoms with Crippen LogP contribution in [-0.4, -0.2) is 29.3 Å². The molecule has 6 heteroatoms. The minimum Gasteiger partial charge on any atom is -0.491 e. The number of hydrogen-bond donors (Lipinski definition) is 1. The van der Waals surface area contributed by atoms with Crippen molar-refractivity contribution in [3.8, 4) is 22.6 Å². The number of nitrogens with one attached hydrogen (secondary N) is 1. The third kappa shape index (κ3) is 5.90. The quantitative estimate of drug-likeness (QED) is 0.653. The van der Waals surface area contributed by atoms with Crippen LogP contribution in [-0.2, 0) is 11.3 Å². The number of benzene rings is 1. The molecule has 0 aliphatic carbocycles. The lowest BCUT2D eigenvalue weighted by molar-refractivity contribution is 0.0480. The summed E-state index contributed by atoms with van der Waals surface area (Å²) in [7, 11) is 0. The van der Waals surface area contributed by atoms with Crippen LogP contribution >= 0.6 is 0 Å². The molecule has 1 aromatic heterocycles. The molecule has 1 aliphatic rings. The molecule has 168 valence electrons. The summed E-state index contributed by atoms with van der Waals surface area (Å²) in [5, 5.41) is 2.95. The van der Waals surface area contributed by atoms with Gasteiger partial charge in [-0.05, 0) is 70.7 Å². The summed E-state index contributed by atoms with van der Waals surface area (Å²) in [5.41, 5.74) is 4.70. The van der Waals surface area contributed by atoms with E-state index in [9.17, 15) is 4.79 Å². The number of nitrogens with zero attached hydrogens (tertiary/aromatic N) is 1. The van der Waals surface area contributed by atoms with Gasteiger partial charge in [0, 0.05) is 28.6 Å². The molecule has 2 heterocycles. The number of hydrogen-bond acceptors (Lipinski definition) is 5.